The van der Waals surface area contributed by atoms with Crippen molar-refractivity contribution < 1.29 is 9.90 Å². The Morgan fingerprint density at radius 2 is 2.11 bits per heavy atom. The number of hydrogen-bond acceptors (Lipinski definition) is 5. The minimum absolute atomic E-state index is 0.108. The molecule has 0 aliphatic heterocycles. The molecule has 1 aromatic heterocycles. The number of aromatic nitrogens is 2. The van der Waals surface area contributed by atoms with Crippen LogP contribution in [0.2, 0.25) is 0 Å². The Labute approximate surface area is 109 Å². The molecule has 0 aliphatic rings. The average molecular weight is 254 g/mol. The highest BCUT2D eigenvalue weighted by Crippen LogP contribution is 2.21. The van der Waals surface area contributed by atoms with Crippen LogP contribution < -0.4 is 4.90 Å². The van der Waals surface area contributed by atoms with Crippen LogP contribution in [0.5, 0.6) is 0 Å². The molecule has 0 saturated carbocycles. The van der Waals surface area contributed by atoms with Crippen molar-refractivity contribution in [3.63, 3.8) is 0 Å². The molecule has 0 aliphatic carbocycles. The summed E-state index contributed by atoms with van der Waals surface area (Å²) in [5.74, 6) is -0.617. The highest BCUT2D eigenvalue weighted by molar-refractivity contribution is 5.85. The lowest BCUT2D eigenvalue weighted by molar-refractivity contribution is 0.0689. The molecule has 19 heavy (non-hydrogen) atoms. The summed E-state index contributed by atoms with van der Waals surface area (Å²) in [5.41, 5.74) is 1.21. The van der Waals surface area contributed by atoms with Gasteiger partial charge in [-0.05, 0) is 30.3 Å². The quantitative estimate of drug-likeness (QED) is 0.898. The standard InChI is InChI=1S/C13H10N4O2/c1-17(10-4-2-3-9(7-10)8-14)12-6-5-11(13(18)19)15-16-12/h2-7H,1H3,(H,18,19). The molecule has 0 amide bonds. The Morgan fingerprint density at radius 3 is 2.68 bits per heavy atom. The molecule has 2 aromatic rings. The third kappa shape index (κ3) is 2.66. The van der Waals surface area contributed by atoms with E-state index in [0.717, 1.165) is 5.69 Å². The van der Waals surface area contributed by atoms with Gasteiger partial charge < -0.3 is 10.0 Å². The van der Waals surface area contributed by atoms with Crippen molar-refractivity contribution in [1.29, 1.82) is 5.26 Å². The number of carbonyl (C=O) groups is 1. The molecular weight excluding hydrogens is 244 g/mol. The van der Waals surface area contributed by atoms with Crippen LogP contribution in [0, 0.1) is 11.3 Å². The normalized spacial score (nSPS) is 9.68. The van der Waals surface area contributed by atoms with E-state index in [1.807, 2.05) is 6.07 Å². The molecule has 0 saturated heterocycles. The number of anilines is 2. The Hall–Kier alpha value is -2.94. The summed E-state index contributed by atoms with van der Waals surface area (Å²) in [6, 6.07) is 12.0. The van der Waals surface area contributed by atoms with E-state index in [1.165, 1.54) is 6.07 Å². The topological polar surface area (TPSA) is 90.1 Å². The Morgan fingerprint density at radius 1 is 1.32 bits per heavy atom. The summed E-state index contributed by atoms with van der Waals surface area (Å²) < 4.78 is 0. The first-order valence-electron chi connectivity index (χ1n) is 5.43. The maximum atomic E-state index is 10.7. The van der Waals surface area contributed by atoms with E-state index in [1.54, 1.807) is 36.2 Å². The highest BCUT2D eigenvalue weighted by atomic mass is 16.4. The van der Waals surface area contributed by atoms with Crippen LogP contribution in [-0.4, -0.2) is 28.3 Å². The van der Waals surface area contributed by atoms with Gasteiger partial charge >= 0.3 is 5.97 Å². The van der Waals surface area contributed by atoms with E-state index in [2.05, 4.69) is 16.3 Å². The lowest BCUT2D eigenvalue weighted by atomic mass is 10.2. The first-order chi connectivity index (χ1) is 9.11. The minimum Gasteiger partial charge on any atom is -0.476 e. The molecule has 2 rings (SSSR count). The Balaban J connectivity index is 2.30. The van der Waals surface area contributed by atoms with E-state index in [9.17, 15) is 4.79 Å². The van der Waals surface area contributed by atoms with Crippen LogP contribution in [0.1, 0.15) is 16.1 Å². The molecule has 1 N–H and O–H groups in total. The van der Waals surface area contributed by atoms with Gasteiger partial charge in [-0.1, -0.05) is 6.07 Å². The first-order valence-corrected chi connectivity index (χ1v) is 5.43. The summed E-state index contributed by atoms with van der Waals surface area (Å²) in [5, 5.41) is 25.1. The number of aromatic carboxylic acids is 1. The van der Waals surface area contributed by atoms with Gasteiger partial charge in [-0.15, -0.1) is 10.2 Å². The van der Waals surface area contributed by atoms with Gasteiger partial charge in [-0.25, -0.2) is 4.79 Å². The van der Waals surface area contributed by atoms with Gasteiger partial charge in [0.25, 0.3) is 0 Å². The van der Waals surface area contributed by atoms with Crippen molar-refractivity contribution in [2.75, 3.05) is 11.9 Å². The third-order valence-electron chi connectivity index (χ3n) is 2.58. The number of carboxylic acids is 1. The third-order valence-corrected chi connectivity index (χ3v) is 2.58. The van der Waals surface area contributed by atoms with Crippen molar-refractivity contribution in [2.24, 2.45) is 0 Å². The first kappa shape index (κ1) is 12.5. The fourth-order valence-corrected chi connectivity index (χ4v) is 1.53. The van der Waals surface area contributed by atoms with Crippen molar-refractivity contribution in [2.45, 2.75) is 0 Å². The molecule has 0 spiro atoms. The molecule has 0 fully saturated rings. The predicted molar refractivity (Wildman–Crippen MR) is 68.2 cm³/mol. The molecule has 0 unspecified atom stereocenters. The molecule has 1 aromatic carbocycles. The lowest BCUT2D eigenvalue weighted by Gasteiger charge is -2.17. The van der Waals surface area contributed by atoms with Crippen LogP contribution in [0.4, 0.5) is 11.5 Å². The smallest absolute Gasteiger partial charge is 0.356 e. The van der Waals surface area contributed by atoms with E-state index in [4.69, 9.17) is 10.4 Å². The van der Waals surface area contributed by atoms with Crippen molar-refractivity contribution in [3.8, 4) is 6.07 Å². The Bertz CT molecular complexity index is 646. The summed E-state index contributed by atoms with van der Waals surface area (Å²) in [6.45, 7) is 0. The van der Waals surface area contributed by atoms with Crippen molar-refractivity contribution in [1.82, 2.24) is 10.2 Å². The van der Waals surface area contributed by atoms with E-state index >= 15 is 0 Å². The summed E-state index contributed by atoms with van der Waals surface area (Å²) in [6.07, 6.45) is 0. The van der Waals surface area contributed by atoms with Crippen LogP contribution in [-0.2, 0) is 0 Å². The van der Waals surface area contributed by atoms with Crippen molar-refractivity contribution in [3.05, 3.63) is 47.7 Å². The number of carboxylic acid groups (broad SMARTS) is 1. The largest absolute Gasteiger partial charge is 0.476 e. The summed E-state index contributed by atoms with van der Waals surface area (Å²) in [4.78, 5) is 12.4. The maximum absolute atomic E-state index is 10.7. The lowest BCUT2D eigenvalue weighted by Crippen LogP contribution is -2.13. The second-order valence-corrected chi connectivity index (χ2v) is 3.80. The van der Waals surface area contributed by atoms with Crippen molar-refractivity contribution >= 4 is 17.5 Å². The monoisotopic (exact) mass is 254 g/mol. The molecule has 0 radical (unpaired) electrons. The second-order valence-electron chi connectivity index (χ2n) is 3.80. The van der Waals surface area contributed by atoms with Crippen LogP contribution in [0.3, 0.4) is 0 Å². The second kappa shape index (κ2) is 5.14. The van der Waals surface area contributed by atoms with E-state index < -0.39 is 5.97 Å². The molecule has 0 bridgehead atoms. The van der Waals surface area contributed by atoms with Crippen LogP contribution in [0.25, 0.3) is 0 Å². The molecular formula is C13H10N4O2. The number of nitrogens with zero attached hydrogens (tertiary/aromatic N) is 4. The Kier molecular flexibility index (Phi) is 3.39. The van der Waals surface area contributed by atoms with E-state index in [0.29, 0.717) is 11.4 Å². The minimum atomic E-state index is -1.12. The zero-order valence-corrected chi connectivity index (χ0v) is 10.1. The molecule has 6 heteroatoms. The summed E-state index contributed by atoms with van der Waals surface area (Å²) >= 11 is 0. The summed E-state index contributed by atoms with van der Waals surface area (Å²) in [7, 11) is 1.76. The number of benzene rings is 1. The van der Waals surface area contributed by atoms with E-state index in [-0.39, 0.29) is 5.69 Å². The number of hydrogen-bond donors (Lipinski definition) is 1. The molecule has 1 heterocycles. The van der Waals surface area contributed by atoms with Gasteiger partial charge in [0, 0.05) is 12.7 Å². The molecule has 94 valence electrons. The number of rotatable bonds is 3. The predicted octanol–water partition coefficient (Wildman–Crippen LogP) is 1.81. The number of nitriles is 1. The average Bonchev–Trinajstić information content (AvgIpc) is 2.46. The van der Waals surface area contributed by atoms with Crippen LogP contribution >= 0.6 is 0 Å². The highest BCUT2D eigenvalue weighted by Gasteiger charge is 2.09. The molecule has 0 atom stereocenters. The van der Waals surface area contributed by atoms with Gasteiger partial charge in [0.2, 0.25) is 0 Å². The van der Waals surface area contributed by atoms with Gasteiger partial charge in [0.1, 0.15) is 0 Å². The van der Waals surface area contributed by atoms with Gasteiger partial charge in [0.05, 0.1) is 11.6 Å². The zero-order chi connectivity index (χ0) is 13.8. The van der Waals surface area contributed by atoms with Gasteiger partial charge in [0.15, 0.2) is 11.5 Å². The zero-order valence-electron chi connectivity index (χ0n) is 10.1. The maximum Gasteiger partial charge on any atom is 0.356 e. The van der Waals surface area contributed by atoms with Gasteiger partial charge in [-0.3, -0.25) is 0 Å². The fourth-order valence-electron chi connectivity index (χ4n) is 1.53. The fraction of sp³-hybridized carbons (Fsp3) is 0.0769. The van der Waals surface area contributed by atoms with Gasteiger partial charge in [-0.2, -0.15) is 5.26 Å². The van der Waals surface area contributed by atoms with Crippen LogP contribution in [0.15, 0.2) is 36.4 Å². The molecule has 6 nitrogen and oxygen atoms in total. The SMILES string of the molecule is CN(c1cccc(C#N)c1)c1ccc(C(=O)O)nn1.